The Labute approximate surface area is 289 Å². The molecule has 0 aliphatic rings. The van der Waals surface area contributed by atoms with Gasteiger partial charge in [-0.2, -0.15) is 0 Å². The molecule has 0 aliphatic heterocycles. The van der Waals surface area contributed by atoms with Crippen molar-refractivity contribution in [2.75, 3.05) is 0 Å². The molecule has 7 heteroatoms. The van der Waals surface area contributed by atoms with Gasteiger partial charge in [0, 0.05) is 48.8 Å². The molecule has 233 valence electrons. The molecule has 48 heavy (non-hydrogen) atoms. The topological polar surface area (TPSA) is 56.7 Å². The van der Waals surface area contributed by atoms with E-state index in [1.165, 1.54) is 6.07 Å². The summed E-state index contributed by atoms with van der Waals surface area (Å²) in [6, 6.07) is 52.7. The molecular formula is C41H25FIrN4O-2. The van der Waals surface area contributed by atoms with Crippen LogP contribution in [0, 0.1) is 17.9 Å². The van der Waals surface area contributed by atoms with Crippen molar-refractivity contribution in [1.82, 2.24) is 19.5 Å². The molecule has 0 spiro atoms. The number of halogens is 1. The number of pyridine rings is 2. The number of hydrogen-bond acceptors (Lipinski definition) is 4. The van der Waals surface area contributed by atoms with Crippen LogP contribution >= 0.6 is 0 Å². The number of imidazole rings is 1. The van der Waals surface area contributed by atoms with Crippen molar-refractivity contribution < 1.29 is 28.9 Å². The molecule has 0 amide bonds. The molecular weight excluding hydrogens is 776 g/mol. The Morgan fingerprint density at radius 1 is 0.667 bits per heavy atom. The normalized spacial score (nSPS) is 10.9. The Morgan fingerprint density at radius 3 is 2.19 bits per heavy atom. The number of nitrogens with zero attached hydrogens (tertiary/aromatic N) is 4. The summed E-state index contributed by atoms with van der Waals surface area (Å²) in [7, 11) is 0. The van der Waals surface area contributed by atoms with E-state index in [0.717, 1.165) is 39.1 Å². The predicted octanol–water partition coefficient (Wildman–Crippen LogP) is 10.1. The molecule has 0 fully saturated rings. The number of benzene rings is 5. The minimum absolute atomic E-state index is 0. The number of aromatic nitrogens is 4. The Balaban J connectivity index is 0.000000237. The van der Waals surface area contributed by atoms with Crippen LogP contribution in [0.3, 0.4) is 0 Å². The Morgan fingerprint density at radius 2 is 1.42 bits per heavy atom. The first-order valence-corrected chi connectivity index (χ1v) is 15.1. The van der Waals surface area contributed by atoms with E-state index >= 15 is 0 Å². The van der Waals surface area contributed by atoms with E-state index in [-0.39, 0.29) is 25.9 Å². The van der Waals surface area contributed by atoms with Crippen LogP contribution in [0.5, 0.6) is 0 Å². The van der Waals surface area contributed by atoms with Crippen LogP contribution < -0.4 is 0 Å². The molecule has 0 unspecified atom stereocenters. The second-order valence-electron chi connectivity index (χ2n) is 10.8. The van der Waals surface area contributed by atoms with Crippen molar-refractivity contribution in [1.29, 1.82) is 0 Å². The first kappa shape index (κ1) is 30.9. The third-order valence-electron chi connectivity index (χ3n) is 7.88. The van der Waals surface area contributed by atoms with Crippen molar-refractivity contribution >= 4 is 33.1 Å². The maximum Gasteiger partial charge on any atom is 0.168 e. The SMILES string of the molecule is Fc1c[c-]c(-c2nc3nc(-c4ccccc4)ccc3n2-c2ccccc2)c2oc3ccccc3c12.[Ir].[c-]1ccccc1-c1ccccn1. The maximum atomic E-state index is 15.0. The van der Waals surface area contributed by atoms with Gasteiger partial charge < -0.3 is 14.0 Å². The summed E-state index contributed by atoms with van der Waals surface area (Å²) in [6.07, 6.45) is 1.79. The molecule has 0 N–H and O–H groups in total. The van der Waals surface area contributed by atoms with Crippen LogP contribution in [-0.4, -0.2) is 19.5 Å². The van der Waals surface area contributed by atoms with Crippen LogP contribution in [-0.2, 0) is 20.1 Å². The summed E-state index contributed by atoms with van der Waals surface area (Å²) in [6.45, 7) is 0. The van der Waals surface area contributed by atoms with Gasteiger partial charge in [0.25, 0.3) is 0 Å². The summed E-state index contributed by atoms with van der Waals surface area (Å²) in [4.78, 5) is 14.0. The predicted molar refractivity (Wildman–Crippen MR) is 184 cm³/mol. The summed E-state index contributed by atoms with van der Waals surface area (Å²) < 4.78 is 23.2. The number of rotatable bonds is 4. The number of para-hydroxylation sites is 2. The van der Waals surface area contributed by atoms with Gasteiger partial charge in [0.05, 0.1) is 22.6 Å². The minimum atomic E-state index is -0.374. The molecule has 5 aromatic carbocycles. The van der Waals surface area contributed by atoms with E-state index in [1.807, 2.05) is 144 Å². The molecule has 4 aromatic heterocycles. The molecule has 0 saturated heterocycles. The van der Waals surface area contributed by atoms with Gasteiger partial charge >= 0.3 is 0 Å². The zero-order valence-corrected chi connectivity index (χ0v) is 27.7. The van der Waals surface area contributed by atoms with Crippen LogP contribution in [0.4, 0.5) is 4.39 Å². The second kappa shape index (κ2) is 13.5. The van der Waals surface area contributed by atoms with E-state index in [2.05, 4.69) is 17.1 Å². The minimum Gasteiger partial charge on any atom is -0.500 e. The van der Waals surface area contributed by atoms with Gasteiger partial charge in [-0.25, -0.2) is 4.98 Å². The zero-order valence-electron chi connectivity index (χ0n) is 25.3. The van der Waals surface area contributed by atoms with E-state index in [0.29, 0.717) is 33.6 Å². The molecule has 4 heterocycles. The van der Waals surface area contributed by atoms with Gasteiger partial charge in [0.2, 0.25) is 0 Å². The molecule has 9 aromatic rings. The Hall–Kier alpha value is -5.75. The quantitative estimate of drug-likeness (QED) is 0.166. The molecule has 1 radical (unpaired) electrons. The van der Waals surface area contributed by atoms with Crippen LogP contribution in [0.2, 0.25) is 0 Å². The Bertz CT molecular complexity index is 2430. The van der Waals surface area contributed by atoms with Gasteiger partial charge in [0.15, 0.2) is 5.65 Å². The van der Waals surface area contributed by atoms with E-state index in [4.69, 9.17) is 14.4 Å². The first-order valence-electron chi connectivity index (χ1n) is 15.1. The zero-order chi connectivity index (χ0) is 31.6. The van der Waals surface area contributed by atoms with Crippen molar-refractivity contribution in [2.45, 2.75) is 0 Å². The molecule has 0 atom stereocenters. The average molecular weight is 801 g/mol. The van der Waals surface area contributed by atoms with Crippen LogP contribution in [0.1, 0.15) is 0 Å². The molecule has 0 aliphatic carbocycles. The van der Waals surface area contributed by atoms with Gasteiger partial charge in [-0.3, -0.25) is 9.37 Å². The van der Waals surface area contributed by atoms with Crippen molar-refractivity contribution in [3.05, 3.63) is 170 Å². The van der Waals surface area contributed by atoms with Crippen molar-refractivity contribution in [3.63, 3.8) is 0 Å². The number of furan rings is 1. The fourth-order valence-corrected chi connectivity index (χ4v) is 5.71. The summed E-state index contributed by atoms with van der Waals surface area (Å²) in [5.41, 5.74) is 7.83. The van der Waals surface area contributed by atoms with Crippen LogP contribution in [0.15, 0.2) is 156 Å². The third kappa shape index (κ3) is 5.82. The fourth-order valence-electron chi connectivity index (χ4n) is 5.71. The number of fused-ring (bicyclic) bond motifs is 4. The molecule has 9 rings (SSSR count). The van der Waals surface area contributed by atoms with Crippen LogP contribution in [0.25, 0.3) is 72.7 Å². The fraction of sp³-hybridized carbons (Fsp3) is 0. The Kier molecular flexibility index (Phi) is 8.71. The standard InChI is InChI=1S/C30H17FN3O.C11H8N.Ir/c31-23-16-15-22(28-27(23)21-13-7-8-14-26(21)35-28)30-33-29-25(34(30)20-11-5-2-6-12-20)18-17-24(32-29)19-9-3-1-4-10-19;1-2-6-10(7-3-1)11-8-4-5-9-12-11;/h1-14,16-18H;1-6,8-9H;/q2*-1;. The van der Waals surface area contributed by atoms with Gasteiger partial charge in [-0.1, -0.05) is 84.4 Å². The maximum absolute atomic E-state index is 15.0. The van der Waals surface area contributed by atoms with E-state index in [9.17, 15) is 4.39 Å². The summed E-state index contributed by atoms with van der Waals surface area (Å²) in [5, 5.41) is 1.15. The average Bonchev–Trinajstić information content (AvgIpc) is 3.73. The molecule has 0 saturated carbocycles. The summed E-state index contributed by atoms with van der Waals surface area (Å²) >= 11 is 0. The second-order valence-corrected chi connectivity index (χ2v) is 10.8. The van der Waals surface area contributed by atoms with Gasteiger partial charge in [0.1, 0.15) is 5.58 Å². The summed E-state index contributed by atoms with van der Waals surface area (Å²) in [5.74, 6) is 0.216. The molecule has 5 nitrogen and oxygen atoms in total. The monoisotopic (exact) mass is 801 g/mol. The van der Waals surface area contributed by atoms with Gasteiger partial charge in [-0.15, -0.1) is 48.0 Å². The molecule has 0 bridgehead atoms. The van der Waals surface area contributed by atoms with E-state index in [1.54, 1.807) is 6.20 Å². The third-order valence-corrected chi connectivity index (χ3v) is 7.88. The largest absolute Gasteiger partial charge is 0.500 e. The van der Waals surface area contributed by atoms with Crippen molar-refractivity contribution in [3.8, 4) is 39.6 Å². The van der Waals surface area contributed by atoms with E-state index < -0.39 is 0 Å². The first-order chi connectivity index (χ1) is 23.2. The van der Waals surface area contributed by atoms with Crippen molar-refractivity contribution in [2.24, 2.45) is 0 Å². The smallest absolute Gasteiger partial charge is 0.168 e. The van der Waals surface area contributed by atoms with Gasteiger partial charge in [-0.05, 0) is 47.5 Å². The number of hydrogen-bond donors (Lipinski definition) is 0.